The van der Waals surface area contributed by atoms with E-state index in [1.165, 1.54) is 5.56 Å². The van der Waals surface area contributed by atoms with Crippen molar-refractivity contribution in [2.75, 3.05) is 0 Å². The summed E-state index contributed by atoms with van der Waals surface area (Å²) >= 11 is 0. The highest BCUT2D eigenvalue weighted by Gasteiger charge is 2.26. The van der Waals surface area contributed by atoms with Gasteiger partial charge in [0.15, 0.2) is 0 Å². The first-order valence-electron chi connectivity index (χ1n) is 13.9. The van der Waals surface area contributed by atoms with Gasteiger partial charge in [-0.2, -0.15) is 0 Å². The van der Waals surface area contributed by atoms with E-state index >= 15 is 0 Å². The molecule has 0 bridgehead atoms. The molecule has 3 nitrogen and oxygen atoms in total. The summed E-state index contributed by atoms with van der Waals surface area (Å²) in [5.74, 6) is 0.0352. The Balaban J connectivity index is 1.54. The molecule has 0 aliphatic carbocycles. The van der Waals surface area contributed by atoms with E-state index in [4.69, 9.17) is 4.99 Å². The predicted octanol–water partition coefficient (Wildman–Crippen LogP) is 7.75. The van der Waals surface area contributed by atoms with Gasteiger partial charge in [-0.05, 0) is 29.5 Å². The van der Waals surface area contributed by atoms with Crippen LogP contribution in [0.25, 0.3) is 0 Å². The van der Waals surface area contributed by atoms with E-state index in [9.17, 15) is 4.79 Å². The van der Waals surface area contributed by atoms with Gasteiger partial charge in [0.2, 0.25) is 5.91 Å². The van der Waals surface area contributed by atoms with Gasteiger partial charge in [0.25, 0.3) is 0 Å². The number of carbonyl (C=O) groups excluding carboxylic acids is 1. The summed E-state index contributed by atoms with van der Waals surface area (Å²) in [4.78, 5) is 21.7. The van der Waals surface area contributed by atoms with Crippen LogP contribution >= 0.6 is 0 Å². The Morgan fingerprint density at radius 1 is 0.525 bits per heavy atom. The van der Waals surface area contributed by atoms with E-state index in [0.717, 1.165) is 34.4 Å². The fourth-order valence-corrected chi connectivity index (χ4v) is 4.89. The number of rotatable bonds is 11. The summed E-state index contributed by atoms with van der Waals surface area (Å²) in [5.41, 5.74) is 6.25. The summed E-state index contributed by atoms with van der Waals surface area (Å²) in [6.07, 6.45) is 1.38. The molecule has 0 spiro atoms. The van der Waals surface area contributed by atoms with Crippen molar-refractivity contribution in [2.24, 2.45) is 4.99 Å². The van der Waals surface area contributed by atoms with Crippen LogP contribution in [-0.4, -0.2) is 22.6 Å². The highest BCUT2D eigenvalue weighted by Crippen LogP contribution is 2.19. The first kappa shape index (κ1) is 26.8. The van der Waals surface area contributed by atoms with Gasteiger partial charge in [-0.1, -0.05) is 152 Å². The second kappa shape index (κ2) is 13.9. The lowest BCUT2D eigenvalue weighted by Crippen LogP contribution is -2.38. The van der Waals surface area contributed by atoms with Crippen molar-refractivity contribution in [1.29, 1.82) is 0 Å². The molecule has 0 N–H and O–H groups in total. The monoisotopic (exact) mass is 522 g/mol. The third kappa shape index (κ3) is 7.42. The highest BCUT2D eigenvalue weighted by molar-refractivity contribution is 6.13. The SMILES string of the molecule is O=C(C(CCc1ccccc1)N=C(c1ccccc1)c1ccccc1)N(Cc1ccccc1)Cc1ccccc1. The lowest BCUT2D eigenvalue weighted by atomic mass is 10.00. The minimum atomic E-state index is -0.539. The fourth-order valence-electron chi connectivity index (χ4n) is 4.89. The van der Waals surface area contributed by atoms with Gasteiger partial charge in [-0.25, -0.2) is 0 Å². The van der Waals surface area contributed by atoms with Crippen LogP contribution in [0.4, 0.5) is 0 Å². The number of hydrogen-bond acceptors (Lipinski definition) is 2. The Bertz CT molecular complexity index is 1400. The molecule has 0 fully saturated rings. The number of nitrogens with zero attached hydrogens (tertiary/aromatic N) is 2. The van der Waals surface area contributed by atoms with Crippen LogP contribution in [0, 0.1) is 0 Å². The van der Waals surface area contributed by atoms with Crippen molar-refractivity contribution in [3.8, 4) is 0 Å². The second-order valence-corrected chi connectivity index (χ2v) is 9.92. The van der Waals surface area contributed by atoms with Crippen molar-refractivity contribution in [2.45, 2.75) is 32.0 Å². The van der Waals surface area contributed by atoms with E-state index in [1.54, 1.807) is 0 Å². The average molecular weight is 523 g/mol. The lowest BCUT2D eigenvalue weighted by molar-refractivity contribution is -0.133. The van der Waals surface area contributed by atoms with Gasteiger partial charge in [0.05, 0.1) is 5.71 Å². The molecular formula is C37H34N2O. The molecule has 40 heavy (non-hydrogen) atoms. The molecule has 0 aliphatic heterocycles. The molecule has 0 saturated heterocycles. The quantitative estimate of drug-likeness (QED) is 0.163. The minimum Gasteiger partial charge on any atom is -0.332 e. The maximum atomic E-state index is 14.5. The number of carbonyl (C=O) groups is 1. The van der Waals surface area contributed by atoms with Crippen LogP contribution in [0.1, 0.15) is 34.2 Å². The first-order valence-corrected chi connectivity index (χ1v) is 13.9. The Morgan fingerprint density at radius 2 is 0.900 bits per heavy atom. The van der Waals surface area contributed by atoms with Crippen molar-refractivity contribution < 1.29 is 4.79 Å². The van der Waals surface area contributed by atoms with E-state index in [2.05, 4.69) is 60.7 Å². The van der Waals surface area contributed by atoms with E-state index < -0.39 is 6.04 Å². The normalized spacial score (nSPS) is 11.4. The maximum Gasteiger partial charge on any atom is 0.247 e. The Kier molecular flexibility index (Phi) is 9.30. The number of aryl methyl sites for hydroxylation is 1. The number of hydrogen-bond donors (Lipinski definition) is 0. The summed E-state index contributed by atoms with van der Waals surface area (Å²) in [6.45, 7) is 1.05. The second-order valence-electron chi connectivity index (χ2n) is 9.92. The molecule has 1 amide bonds. The standard InChI is InChI=1S/C37H34N2O/c40-37(39(28-31-18-8-2-9-19-31)29-32-20-10-3-11-21-32)35(27-26-30-16-6-1-7-17-30)38-36(33-22-12-4-13-23-33)34-24-14-5-15-25-34/h1-25,35H,26-29H2. The van der Waals surface area contributed by atoms with Gasteiger partial charge < -0.3 is 4.90 Å². The topological polar surface area (TPSA) is 32.7 Å². The first-order chi connectivity index (χ1) is 19.8. The van der Waals surface area contributed by atoms with Crippen LogP contribution in [-0.2, 0) is 24.3 Å². The zero-order chi connectivity index (χ0) is 27.4. The van der Waals surface area contributed by atoms with Gasteiger partial charge in [0.1, 0.15) is 6.04 Å². The van der Waals surface area contributed by atoms with E-state index in [-0.39, 0.29) is 5.91 Å². The largest absolute Gasteiger partial charge is 0.332 e. The van der Waals surface area contributed by atoms with Crippen molar-refractivity contribution in [3.05, 3.63) is 179 Å². The third-order valence-electron chi connectivity index (χ3n) is 6.96. The van der Waals surface area contributed by atoms with Crippen molar-refractivity contribution in [1.82, 2.24) is 4.90 Å². The van der Waals surface area contributed by atoms with Gasteiger partial charge in [-0.15, -0.1) is 0 Å². The third-order valence-corrected chi connectivity index (χ3v) is 6.96. The molecule has 5 aromatic carbocycles. The number of aliphatic imine (C=N–C) groups is 1. The van der Waals surface area contributed by atoms with Gasteiger partial charge >= 0.3 is 0 Å². The molecule has 198 valence electrons. The molecule has 0 radical (unpaired) electrons. The van der Waals surface area contributed by atoms with Gasteiger partial charge in [0, 0.05) is 24.2 Å². The maximum absolute atomic E-state index is 14.5. The summed E-state index contributed by atoms with van der Waals surface area (Å²) in [7, 11) is 0. The fraction of sp³-hybridized carbons (Fsp3) is 0.135. The van der Waals surface area contributed by atoms with Crippen molar-refractivity contribution in [3.63, 3.8) is 0 Å². The predicted molar refractivity (Wildman–Crippen MR) is 164 cm³/mol. The smallest absolute Gasteiger partial charge is 0.247 e. The molecule has 0 saturated carbocycles. The van der Waals surface area contributed by atoms with E-state index in [0.29, 0.717) is 19.5 Å². The molecule has 5 rings (SSSR count). The Morgan fingerprint density at radius 3 is 1.32 bits per heavy atom. The minimum absolute atomic E-state index is 0.0352. The molecule has 0 heterocycles. The van der Waals surface area contributed by atoms with Crippen LogP contribution in [0.2, 0.25) is 0 Å². The molecule has 1 unspecified atom stereocenters. The summed E-state index contributed by atoms with van der Waals surface area (Å²) in [6, 6.07) is 50.6. The summed E-state index contributed by atoms with van der Waals surface area (Å²) in [5, 5.41) is 0. The molecule has 0 aliphatic rings. The molecular weight excluding hydrogens is 488 g/mol. The lowest BCUT2D eigenvalue weighted by Gasteiger charge is -2.27. The number of amides is 1. The number of benzene rings is 5. The highest BCUT2D eigenvalue weighted by atomic mass is 16.2. The molecule has 3 heteroatoms. The zero-order valence-corrected chi connectivity index (χ0v) is 22.6. The van der Waals surface area contributed by atoms with Crippen molar-refractivity contribution >= 4 is 11.6 Å². The van der Waals surface area contributed by atoms with Crippen LogP contribution < -0.4 is 0 Å². The van der Waals surface area contributed by atoms with Crippen LogP contribution in [0.15, 0.2) is 157 Å². The van der Waals surface area contributed by atoms with Crippen LogP contribution in [0.3, 0.4) is 0 Å². The molecule has 1 atom stereocenters. The van der Waals surface area contributed by atoms with Crippen LogP contribution in [0.5, 0.6) is 0 Å². The Labute approximate surface area is 237 Å². The van der Waals surface area contributed by atoms with Gasteiger partial charge in [-0.3, -0.25) is 9.79 Å². The molecule has 5 aromatic rings. The average Bonchev–Trinajstić information content (AvgIpc) is 3.03. The zero-order valence-electron chi connectivity index (χ0n) is 22.6. The van der Waals surface area contributed by atoms with E-state index in [1.807, 2.05) is 95.9 Å². The molecule has 0 aromatic heterocycles. The summed E-state index contributed by atoms with van der Waals surface area (Å²) < 4.78 is 0. The Hall–Kier alpha value is -4.76.